The normalized spacial score (nSPS) is 18.9. The van der Waals surface area contributed by atoms with Gasteiger partial charge in [-0.2, -0.15) is 0 Å². The summed E-state index contributed by atoms with van der Waals surface area (Å²) in [6.45, 7) is 9.78. The van der Waals surface area contributed by atoms with Gasteiger partial charge < -0.3 is 5.11 Å². The van der Waals surface area contributed by atoms with Crippen molar-refractivity contribution in [2.45, 2.75) is 46.6 Å². The fourth-order valence-electron chi connectivity index (χ4n) is 3.01. The van der Waals surface area contributed by atoms with Crippen LogP contribution in [0.15, 0.2) is 6.07 Å². The Morgan fingerprint density at radius 3 is 2.63 bits per heavy atom. The van der Waals surface area contributed by atoms with Crippen molar-refractivity contribution in [3.8, 4) is 0 Å². The SMILES string of the molecule is CCC1(CC)CCN(Cc2cc(C(=O)O)sc2C)C1. The summed E-state index contributed by atoms with van der Waals surface area (Å²) in [5.41, 5.74) is 1.67. The summed E-state index contributed by atoms with van der Waals surface area (Å²) in [5, 5.41) is 9.04. The fourth-order valence-corrected chi connectivity index (χ4v) is 3.89. The highest BCUT2D eigenvalue weighted by atomic mass is 32.1. The van der Waals surface area contributed by atoms with Crippen LogP contribution >= 0.6 is 11.3 Å². The summed E-state index contributed by atoms with van der Waals surface area (Å²) in [6.07, 6.45) is 3.75. The van der Waals surface area contributed by atoms with Crippen LogP contribution < -0.4 is 0 Å². The topological polar surface area (TPSA) is 40.5 Å². The minimum atomic E-state index is -0.808. The molecule has 4 heteroatoms. The molecular weight excluding hydrogens is 258 g/mol. The molecule has 0 atom stereocenters. The number of hydrogen-bond donors (Lipinski definition) is 1. The maximum absolute atomic E-state index is 11.0. The highest BCUT2D eigenvalue weighted by molar-refractivity contribution is 7.14. The van der Waals surface area contributed by atoms with Crippen molar-refractivity contribution in [1.82, 2.24) is 4.90 Å². The molecule has 0 unspecified atom stereocenters. The van der Waals surface area contributed by atoms with E-state index in [2.05, 4.69) is 18.7 Å². The Balaban J connectivity index is 2.05. The smallest absolute Gasteiger partial charge is 0.345 e. The molecule has 0 bridgehead atoms. The Morgan fingerprint density at radius 1 is 1.47 bits per heavy atom. The lowest BCUT2D eigenvalue weighted by Crippen LogP contribution is -2.26. The quantitative estimate of drug-likeness (QED) is 0.893. The summed E-state index contributed by atoms with van der Waals surface area (Å²) in [5.74, 6) is -0.808. The largest absolute Gasteiger partial charge is 0.477 e. The second-order valence-electron chi connectivity index (χ2n) is 5.66. The van der Waals surface area contributed by atoms with Gasteiger partial charge in [-0.05, 0) is 49.8 Å². The van der Waals surface area contributed by atoms with E-state index in [9.17, 15) is 4.79 Å². The van der Waals surface area contributed by atoms with Gasteiger partial charge in [0.05, 0.1) is 0 Å². The molecule has 0 radical (unpaired) electrons. The van der Waals surface area contributed by atoms with Gasteiger partial charge in [-0.15, -0.1) is 11.3 Å². The van der Waals surface area contributed by atoms with E-state index in [0.717, 1.165) is 24.5 Å². The van der Waals surface area contributed by atoms with Gasteiger partial charge in [-0.3, -0.25) is 4.90 Å². The zero-order valence-corrected chi connectivity index (χ0v) is 12.8. The van der Waals surface area contributed by atoms with Crippen LogP contribution in [0.25, 0.3) is 0 Å². The number of carbonyl (C=O) groups is 1. The first-order chi connectivity index (χ1) is 8.99. The average molecular weight is 281 g/mol. The lowest BCUT2D eigenvalue weighted by molar-refractivity contribution is 0.0702. The van der Waals surface area contributed by atoms with E-state index in [-0.39, 0.29) is 0 Å². The van der Waals surface area contributed by atoms with Gasteiger partial charge in [0.15, 0.2) is 0 Å². The molecule has 0 spiro atoms. The molecule has 19 heavy (non-hydrogen) atoms. The summed E-state index contributed by atoms with van der Waals surface area (Å²) in [7, 11) is 0. The molecule has 3 nitrogen and oxygen atoms in total. The van der Waals surface area contributed by atoms with Crippen molar-refractivity contribution in [2.75, 3.05) is 13.1 Å². The van der Waals surface area contributed by atoms with Crippen molar-refractivity contribution in [2.24, 2.45) is 5.41 Å². The number of nitrogens with zero attached hydrogens (tertiary/aromatic N) is 1. The van der Waals surface area contributed by atoms with E-state index in [0.29, 0.717) is 10.3 Å². The van der Waals surface area contributed by atoms with Crippen LogP contribution in [0.2, 0.25) is 0 Å². The number of rotatable bonds is 5. The van der Waals surface area contributed by atoms with Crippen LogP contribution in [-0.4, -0.2) is 29.1 Å². The third-order valence-electron chi connectivity index (χ3n) is 4.64. The number of carboxylic acid groups (broad SMARTS) is 1. The van der Waals surface area contributed by atoms with Crippen LogP contribution in [0, 0.1) is 12.3 Å². The fraction of sp³-hybridized carbons (Fsp3) is 0.667. The van der Waals surface area contributed by atoms with Crippen LogP contribution in [0.5, 0.6) is 0 Å². The third kappa shape index (κ3) is 3.00. The molecule has 2 rings (SSSR count). The maximum atomic E-state index is 11.0. The van der Waals surface area contributed by atoms with E-state index in [1.54, 1.807) is 0 Å². The van der Waals surface area contributed by atoms with Gasteiger partial charge >= 0.3 is 5.97 Å². The van der Waals surface area contributed by atoms with E-state index in [1.807, 2.05) is 13.0 Å². The third-order valence-corrected chi connectivity index (χ3v) is 5.72. The molecule has 1 N–H and O–H groups in total. The van der Waals surface area contributed by atoms with Crippen LogP contribution in [0.4, 0.5) is 0 Å². The second kappa shape index (κ2) is 5.63. The predicted molar refractivity (Wildman–Crippen MR) is 78.9 cm³/mol. The Kier molecular flexibility index (Phi) is 4.31. The Morgan fingerprint density at radius 2 is 2.16 bits per heavy atom. The average Bonchev–Trinajstić information content (AvgIpc) is 2.96. The van der Waals surface area contributed by atoms with Gasteiger partial charge in [-0.1, -0.05) is 13.8 Å². The Bertz CT molecular complexity index is 463. The molecule has 1 saturated heterocycles. The first-order valence-corrected chi connectivity index (χ1v) is 7.86. The van der Waals surface area contributed by atoms with Crippen LogP contribution in [0.1, 0.15) is 53.2 Å². The van der Waals surface area contributed by atoms with Crippen molar-refractivity contribution < 1.29 is 9.90 Å². The molecule has 0 amide bonds. The first kappa shape index (κ1) is 14.5. The minimum absolute atomic E-state index is 0.462. The number of aromatic carboxylic acids is 1. The predicted octanol–water partition coefficient (Wildman–Crippen LogP) is 3.77. The molecule has 2 heterocycles. The molecular formula is C15H23NO2S. The highest BCUT2D eigenvalue weighted by Crippen LogP contribution is 2.38. The van der Waals surface area contributed by atoms with Gasteiger partial charge in [0.2, 0.25) is 0 Å². The molecule has 0 aliphatic carbocycles. The summed E-state index contributed by atoms with van der Waals surface area (Å²) >= 11 is 1.39. The summed E-state index contributed by atoms with van der Waals surface area (Å²) in [4.78, 5) is 15.1. The number of hydrogen-bond acceptors (Lipinski definition) is 3. The monoisotopic (exact) mass is 281 g/mol. The second-order valence-corrected chi connectivity index (χ2v) is 6.92. The van der Waals surface area contributed by atoms with E-state index < -0.39 is 5.97 Å². The Hall–Kier alpha value is -0.870. The van der Waals surface area contributed by atoms with Crippen molar-refractivity contribution >= 4 is 17.3 Å². The van der Waals surface area contributed by atoms with Gasteiger partial charge in [0, 0.05) is 18.0 Å². The molecule has 1 fully saturated rings. The number of thiophene rings is 1. The first-order valence-electron chi connectivity index (χ1n) is 7.04. The molecule has 0 saturated carbocycles. The standard InChI is InChI=1S/C15H23NO2S/c1-4-15(5-2)6-7-16(10-15)9-12-8-13(14(17)18)19-11(12)3/h8H,4-7,9-10H2,1-3H3,(H,17,18). The zero-order valence-electron chi connectivity index (χ0n) is 12.0. The van der Waals surface area contributed by atoms with Gasteiger partial charge in [-0.25, -0.2) is 4.79 Å². The molecule has 1 aliphatic heterocycles. The lowest BCUT2D eigenvalue weighted by atomic mass is 9.82. The number of aryl methyl sites for hydroxylation is 1. The molecule has 106 valence electrons. The van der Waals surface area contributed by atoms with E-state index in [1.165, 1.54) is 36.2 Å². The van der Waals surface area contributed by atoms with Crippen molar-refractivity contribution in [1.29, 1.82) is 0 Å². The lowest BCUT2D eigenvalue weighted by Gasteiger charge is -2.26. The molecule has 1 aromatic heterocycles. The summed E-state index contributed by atoms with van der Waals surface area (Å²) < 4.78 is 0. The zero-order chi connectivity index (χ0) is 14.0. The molecule has 0 aromatic carbocycles. The summed E-state index contributed by atoms with van der Waals surface area (Å²) in [6, 6.07) is 1.85. The van der Waals surface area contributed by atoms with E-state index in [4.69, 9.17) is 5.11 Å². The molecule has 1 aromatic rings. The van der Waals surface area contributed by atoms with E-state index >= 15 is 0 Å². The Labute approximate surface area is 119 Å². The molecule has 1 aliphatic rings. The van der Waals surface area contributed by atoms with Crippen LogP contribution in [0.3, 0.4) is 0 Å². The minimum Gasteiger partial charge on any atom is -0.477 e. The van der Waals surface area contributed by atoms with Crippen molar-refractivity contribution in [3.05, 3.63) is 21.4 Å². The highest BCUT2D eigenvalue weighted by Gasteiger charge is 2.34. The number of carboxylic acids is 1. The maximum Gasteiger partial charge on any atom is 0.345 e. The van der Waals surface area contributed by atoms with Crippen molar-refractivity contribution in [3.63, 3.8) is 0 Å². The van der Waals surface area contributed by atoms with Crippen LogP contribution in [-0.2, 0) is 6.54 Å². The van der Waals surface area contributed by atoms with Gasteiger partial charge in [0.25, 0.3) is 0 Å². The number of likely N-dealkylation sites (tertiary alicyclic amines) is 1. The van der Waals surface area contributed by atoms with Gasteiger partial charge in [0.1, 0.15) is 4.88 Å².